The average Bonchev–Trinajstić information content (AvgIpc) is 3.10. The molecule has 3 rings (SSSR count). The minimum Gasteiger partial charge on any atom is -0.497 e. The zero-order valence-corrected chi connectivity index (χ0v) is 17.6. The maximum Gasteiger partial charge on any atom is 0.254 e. The lowest BCUT2D eigenvalue weighted by molar-refractivity contribution is 0.0680. The standard InChI is InChI=1S/C21H25NO6S/c1-26-18-6-4-5-16(12-18)21(23)22(17-9-10-29(24,25)14-17)13-15-7-8-19(27-2)20(11-15)28-3/h4-8,11-12,17H,9-10,13-14H2,1-3H3/t17-/m0/s1. The minimum atomic E-state index is -3.15. The molecule has 1 heterocycles. The number of carbonyl (C=O) groups excluding carboxylic acids is 1. The number of ether oxygens (including phenoxy) is 3. The van der Waals surface area contributed by atoms with Gasteiger partial charge in [-0.05, 0) is 42.3 Å². The van der Waals surface area contributed by atoms with Crippen LogP contribution < -0.4 is 14.2 Å². The number of benzene rings is 2. The van der Waals surface area contributed by atoms with Crippen LogP contribution in [-0.2, 0) is 16.4 Å². The normalized spacial score (nSPS) is 17.6. The molecule has 0 aromatic heterocycles. The van der Waals surface area contributed by atoms with E-state index in [4.69, 9.17) is 14.2 Å². The van der Waals surface area contributed by atoms with Crippen LogP contribution in [0.3, 0.4) is 0 Å². The highest BCUT2D eigenvalue weighted by atomic mass is 32.2. The van der Waals surface area contributed by atoms with E-state index in [9.17, 15) is 13.2 Å². The first-order valence-corrected chi connectivity index (χ1v) is 11.1. The van der Waals surface area contributed by atoms with Crippen LogP contribution in [0.15, 0.2) is 42.5 Å². The molecule has 8 heteroatoms. The number of methoxy groups -OCH3 is 3. The second-order valence-electron chi connectivity index (χ2n) is 6.91. The third kappa shape index (κ3) is 4.82. The fourth-order valence-corrected chi connectivity index (χ4v) is 5.22. The van der Waals surface area contributed by atoms with Crippen molar-refractivity contribution < 1.29 is 27.4 Å². The van der Waals surface area contributed by atoms with Crippen molar-refractivity contribution in [2.45, 2.75) is 19.0 Å². The van der Waals surface area contributed by atoms with Gasteiger partial charge in [-0.2, -0.15) is 0 Å². The summed E-state index contributed by atoms with van der Waals surface area (Å²) in [6.45, 7) is 0.261. The van der Waals surface area contributed by atoms with Gasteiger partial charge in [0.15, 0.2) is 21.3 Å². The van der Waals surface area contributed by atoms with Crippen molar-refractivity contribution in [3.05, 3.63) is 53.6 Å². The Labute approximate surface area is 171 Å². The fraction of sp³-hybridized carbons (Fsp3) is 0.381. The van der Waals surface area contributed by atoms with Gasteiger partial charge in [-0.1, -0.05) is 12.1 Å². The van der Waals surface area contributed by atoms with Crippen molar-refractivity contribution in [2.24, 2.45) is 0 Å². The van der Waals surface area contributed by atoms with Crippen molar-refractivity contribution in [3.63, 3.8) is 0 Å². The maximum atomic E-state index is 13.3. The molecule has 0 bridgehead atoms. The van der Waals surface area contributed by atoms with E-state index in [0.717, 1.165) is 5.56 Å². The molecule has 7 nitrogen and oxygen atoms in total. The van der Waals surface area contributed by atoms with Crippen LogP contribution in [0.4, 0.5) is 0 Å². The van der Waals surface area contributed by atoms with Crippen molar-refractivity contribution in [1.29, 1.82) is 0 Å². The van der Waals surface area contributed by atoms with E-state index in [1.165, 1.54) is 7.11 Å². The highest BCUT2D eigenvalue weighted by molar-refractivity contribution is 7.91. The van der Waals surface area contributed by atoms with E-state index < -0.39 is 9.84 Å². The fourth-order valence-electron chi connectivity index (χ4n) is 3.49. The van der Waals surface area contributed by atoms with Crippen molar-refractivity contribution in [1.82, 2.24) is 4.90 Å². The molecule has 29 heavy (non-hydrogen) atoms. The van der Waals surface area contributed by atoms with Gasteiger partial charge in [-0.15, -0.1) is 0 Å². The van der Waals surface area contributed by atoms with Crippen molar-refractivity contribution in [3.8, 4) is 17.2 Å². The predicted octanol–water partition coefficient (Wildman–Crippen LogP) is 2.54. The molecule has 1 atom stereocenters. The predicted molar refractivity (Wildman–Crippen MR) is 109 cm³/mol. The maximum absolute atomic E-state index is 13.3. The number of nitrogens with zero attached hydrogens (tertiary/aromatic N) is 1. The molecule has 0 aliphatic carbocycles. The number of carbonyl (C=O) groups is 1. The number of hydrogen-bond donors (Lipinski definition) is 0. The molecule has 0 unspecified atom stereocenters. The highest BCUT2D eigenvalue weighted by Crippen LogP contribution is 2.30. The first kappa shape index (κ1) is 21.0. The molecule has 0 saturated carbocycles. The van der Waals surface area contributed by atoms with E-state index in [1.807, 2.05) is 6.07 Å². The molecule has 2 aromatic carbocycles. The van der Waals surface area contributed by atoms with Gasteiger partial charge < -0.3 is 19.1 Å². The van der Waals surface area contributed by atoms with E-state index in [1.54, 1.807) is 55.5 Å². The summed E-state index contributed by atoms with van der Waals surface area (Å²) < 4.78 is 39.9. The summed E-state index contributed by atoms with van der Waals surface area (Å²) in [6.07, 6.45) is 0.422. The first-order chi connectivity index (χ1) is 13.9. The molecule has 1 amide bonds. The Balaban J connectivity index is 1.94. The van der Waals surface area contributed by atoms with Gasteiger partial charge >= 0.3 is 0 Å². The molecule has 1 aliphatic heterocycles. The highest BCUT2D eigenvalue weighted by Gasteiger charge is 2.35. The van der Waals surface area contributed by atoms with E-state index in [2.05, 4.69) is 0 Å². The quantitative estimate of drug-likeness (QED) is 0.686. The lowest BCUT2D eigenvalue weighted by Gasteiger charge is -2.29. The van der Waals surface area contributed by atoms with Crippen molar-refractivity contribution >= 4 is 15.7 Å². The average molecular weight is 419 g/mol. The first-order valence-electron chi connectivity index (χ1n) is 9.23. The lowest BCUT2D eigenvalue weighted by Crippen LogP contribution is -2.40. The minimum absolute atomic E-state index is 0.0317. The number of amides is 1. The Morgan fingerprint density at radius 2 is 1.79 bits per heavy atom. The molecule has 2 aromatic rings. The van der Waals surface area contributed by atoms with Gasteiger partial charge in [0.2, 0.25) is 0 Å². The van der Waals surface area contributed by atoms with Gasteiger partial charge in [-0.25, -0.2) is 8.42 Å². The summed E-state index contributed by atoms with van der Waals surface area (Å²) in [5.41, 5.74) is 1.28. The second kappa shape index (κ2) is 8.73. The molecule has 156 valence electrons. The van der Waals surface area contributed by atoms with E-state index in [0.29, 0.717) is 29.2 Å². The van der Waals surface area contributed by atoms with Gasteiger partial charge in [0.05, 0.1) is 32.8 Å². The van der Waals surface area contributed by atoms with Crippen molar-refractivity contribution in [2.75, 3.05) is 32.8 Å². The van der Waals surface area contributed by atoms with E-state index in [-0.39, 0.29) is 30.0 Å². The smallest absolute Gasteiger partial charge is 0.254 e. The Morgan fingerprint density at radius 1 is 1.03 bits per heavy atom. The summed E-state index contributed by atoms with van der Waals surface area (Å²) in [6, 6.07) is 11.9. The van der Waals surface area contributed by atoms with Crippen LogP contribution in [0.5, 0.6) is 17.2 Å². The van der Waals surface area contributed by atoms with Crippen LogP contribution in [0, 0.1) is 0 Å². The molecule has 1 fully saturated rings. The molecule has 1 saturated heterocycles. The third-order valence-electron chi connectivity index (χ3n) is 5.03. The van der Waals surface area contributed by atoms with Crippen LogP contribution in [-0.4, -0.2) is 58.1 Å². The van der Waals surface area contributed by atoms with Crippen LogP contribution in [0.2, 0.25) is 0 Å². The zero-order chi connectivity index (χ0) is 21.0. The second-order valence-corrected chi connectivity index (χ2v) is 9.14. The lowest BCUT2D eigenvalue weighted by atomic mass is 10.1. The Morgan fingerprint density at radius 3 is 2.41 bits per heavy atom. The topological polar surface area (TPSA) is 82.1 Å². The van der Waals surface area contributed by atoms with Crippen LogP contribution in [0.25, 0.3) is 0 Å². The summed E-state index contributed by atoms with van der Waals surface area (Å²) >= 11 is 0. The Kier molecular flexibility index (Phi) is 6.32. The zero-order valence-electron chi connectivity index (χ0n) is 16.8. The molecular formula is C21H25NO6S. The van der Waals surface area contributed by atoms with Gasteiger partial charge in [0, 0.05) is 18.2 Å². The molecule has 1 aliphatic rings. The Hall–Kier alpha value is -2.74. The molecule has 0 N–H and O–H groups in total. The van der Waals surface area contributed by atoms with Crippen LogP contribution >= 0.6 is 0 Å². The van der Waals surface area contributed by atoms with E-state index >= 15 is 0 Å². The molecule has 0 radical (unpaired) electrons. The van der Waals surface area contributed by atoms with Crippen LogP contribution in [0.1, 0.15) is 22.3 Å². The summed E-state index contributed by atoms with van der Waals surface area (Å²) in [5, 5.41) is 0. The number of rotatable bonds is 7. The molecule has 0 spiro atoms. The SMILES string of the molecule is COc1cccc(C(=O)N(Cc2ccc(OC)c(OC)c2)[C@H]2CCS(=O)(=O)C2)c1. The summed E-state index contributed by atoms with van der Waals surface area (Å²) in [5.74, 6) is 1.53. The van der Waals surface area contributed by atoms with Gasteiger partial charge in [0.1, 0.15) is 5.75 Å². The number of sulfone groups is 1. The summed E-state index contributed by atoms with van der Waals surface area (Å²) in [4.78, 5) is 14.9. The third-order valence-corrected chi connectivity index (χ3v) is 6.78. The molecular weight excluding hydrogens is 394 g/mol. The largest absolute Gasteiger partial charge is 0.497 e. The summed E-state index contributed by atoms with van der Waals surface area (Å²) in [7, 11) is 1.49. The van der Waals surface area contributed by atoms with Gasteiger partial charge in [0.25, 0.3) is 5.91 Å². The number of hydrogen-bond acceptors (Lipinski definition) is 6. The Bertz CT molecular complexity index is 988. The van der Waals surface area contributed by atoms with Gasteiger partial charge in [-0.3, -0.25) is 4.79 Å². The monoisotopic (exact) mass is 419 g/mol.